The van der Waals surface area contributed by atoms with Crippen LogP contribution in [0.25, 0.3) is 0 Å². The molecule has 1 atom stereocenters. The van der Waals surface area contributed by atoms with Gasteiger partial charge in [0.2, 0.25) is 0 Å². The van der Waals surface area contributed by atoms with Crippen LogP contribution in [0.2, 0.25) is 0 Å². The maximum atomic E-state index is 12.8. The Morgan fingerprint density at radius 1 is 1.43 bits per heavy atom. The molecule has 0 bridgehead atoms. The van der Waals surface area contributed by atoms with Crippen LogP contribution in [0.4, 0.5) is 5.69 Å². The number of rotatable bonds is 3. The summed E-state index contributed by atoms with van der Waals surface area (Å²) in [6, 6.07) is 4.85. The van der Waals surface area contributed by atoms with E-state index in [1.54, 1.807) is 12.1 Å². The van der Waals surface area contributed by atoms with Gasteiger partial charge in [-0.3, -0.25) is 14.9 Å². The normalized spacial score (nSPS) is 19.1. The Bertz CT molecular complexity index is 548. The van der Waals surface area contributed by atoms with Gasteiger partial charge in [-0.05, 0) is 41.3 Å². The first-order chi connectivity index (χ1) is 10.1. The van der Waals surface area contributed by atoms with Crippen LogP contribution in [0.3, 0.4) is 0 Å². The summed E-state index contributed by atoms with van der Waals surface area (Å²) >= 11 is 3.22. The fourth-order valence-corrected chi connectivity index (χ4v) is 3.43. The molecule has 5 nitrogen and oxygen atoms in total. The molecule has 2 rings (SSSR count). The van der Waals surface area contributed by atoms with Gasteiger partial charge in [-0.2, -0.15) is 0 Å². The largest absolute Gasteiger partial charge is 0.336 e. The van der Waals surface area contributed by atoms with Crippen LogP contribution in [0, 0.1) is 10.1 Å². The summed E-state index contributed by atoms with van der Waals surface area (Å²) in [5.41, 5.74) is 0.313. The molecule has 1 amide bonds. The molecule has 1 saturated heterocycles. The smallest absolute Gasteiger partial charge is 0.284 e. The number of nitro groups is 1. The fourth-order valence-electron chi connectivity index (χ4n) is 2.85. The highest BCUT2D eigenvalue weighted by molar-refractivity contribution is 9.10. The van der Waals surface area contributed by atoms with Gasteiger partial charge < -0.3 is 4.90 Å². The van der Waals surface area contributed by atoms with Gasteiger partial charge in [0.05, 0.1) is 10.5 Å². The molecular weight excluding hydrogens is 336 g/mol. The van der Waals surface area contributed by atoms with E-state index >= 15 is 0 Å². The molecule has 1 unspecified atom stereocenters. The number of carbonyl (C=O) groups is 1. The molecule has 0 spiro atoms. The number of halogens is 1. The number of likely N-dealkylation sites (tertiary alicyclic amines) is 1. The van der Waals surface area contributed by atoms with Gasteiger partial charge in [-0.25, -0.2) is 0 Å². The second kappa shape index (κ2) is 7.02. The van der Waals surface area contributed by atoms with E-state index in [-0.39, 0.29) is 22.1 Å². The molecule has 0 aromatic heterocycles. The Kier molecular flexibility index (Phi) is 5.33. The summed E-state index contributed by atoms with van der Waals surface area (Å²) in [5, 5.41) is 11.0. The minimum atomic E-state index is -0.472. The molecule has 0 saturated carbocycles. The maximum Gasteiger partial charge on any atom is 0.284 e. The van der Waals surface area contributed by atoms with Crippen molar-refractivity contribution in [3.8, 4) is 0 Å². The Morgan fingerprint density at radius 2 is 2.19 bits per heavy atom. The van der Waals surface area contributed by atoms with Gasteiger partial charge in [0, 0.05) is 18.7 Å². The maximum absolute atomic E-state index is 12.8. The van der Waals surface area contributed by atoms with Gasteiger partial charge in [0.1, 0.15) is 4.47 Å². The third kappa shape index (κ3) is 3.43. The second-order valence-corrected chi connectivity index (χ2v) is 6.10. The molecule has 1 aromatic rings. The van der Waals surface area contributed by atoms with Crippen LogP contribution in [0.5, 0.6) is 0 Å². The highest BCUT2D eigenvalue weighted by atomic mass is 79.9. The van der Waals surface area contributed by atoms with Crippen LogP contribution in [-0.2, 0) is 0 Å². The molecule has 114 valence electrons. The van der Waals surface area contributed by atoms with E-state index in [1.807, 2.05) is 4.90 Å². The van der Waals surface area contributed by atoms with Crippen molar-refractivity contribution < 1.29 is 9.72 Å². The average molecular weight is 355 g/mol. The number of amides is 1. The van der Waals surface area contributed by atoms with Crippen LogP contribution in [0.1, 0.15) is 49.4 Å². The number of hydrogen-bond donors (Lipinski definition) is 0. The number of nitrogens with zero attached hydrogens (tertiary/aromatic N) is 2. The standard InChI is InChI=1S/C15H19BrN2O3/c1-2-11-7-4-3-5-10-17(11)15(19)12-8-6-9-13(14(12)16)18(20)21/h6,8-9,11H,2-5,7,10H2,1H3. The van der Waals surface area contributed by atoms with Crippen molar-refractivity contribution in [3.05, 3.63) is 38.3 Å². The van der Waals surface area contributed by atoms with Crippen LogP contribution >= 0.6 is 15.9 Å². The number of benzene rings is 1. The van der Waals surface area contributed by atoms with Crippen molar-refractivity contribution >= 4 is 27.5 Å². The van der Waals surface area contributed by atoms with Crippen molar-refractivity contribution in [2.24, 2.45) is 0 Å². The van der Waals surface area contributed by atoms with Crippen LogP contribution in [0.15, 0.2) is 22.7 Å². The SMILES string of the molecule is CCC1CCCCCN1C(=O)c1cccc([N+](=O)[O-])c1Br. The monoisotopic (exact) mass is 354 g/mol. The van der Waals surface area contributed by atoms with Gasteiger partial charge in [-0.15, -0.1) is 0 Å². The molecule has 1 aromatic carbocycles. The Labute approximate surface area is 132 Å². The number of hydrogen-bond acceptors (Lipinski definition) is 3. The van der Waals surface area contributed by atoms with E-state index in [1.165, 1.54) is 6.07 Å². The molecule has 0 aliphatic carbocycles. The first-order valence-corrected chi connectivity index (χ1v) is 8.09. The molecular formula is C15H19BrN2O3. The predicted octanol–water partition coefficient (Wildman–Crippen LogP) is 4.15. The topological polar surface area (TPSA) is 63.5 Å². The minimum absolute atomic E-state index is 0.0660. The Balaban J connectivity index is 2.34. The molecule has 6 heteroatoms. The Hall–Kier alpha value is -1.43. The molecule has 1 aliphatic heterocycles. The molecule has 0 N–H and O–H groups in total. The summed E-state index contributed by atoms with van der Waals surface area (Å²) in [7, 11) is 0. The van der Waals surface area contributed by atoms with E-state index in [2.05, 4.69) is 22.9 Å². The lowest BCUT2D eigenvalue weighted by atomic mass is 10.1. The van der Waals surface area contributed by atoms with E-state index in [0.717, 1.165) is 38.6 Å². The van der Waals surface area contributed by atoms with Crippen molar-refractivity contribution in [1.82, 2.24) is 4.90 Å². The van der Waals surface area contributed by atoms with Crippen molar-refractivity contribution in [3.63, 3.8) is 0 Å². The number of carbonyl (C=O) groups excluding carboxylic acids is 1. The Morgan fingerprint density at radius 3 is 2.86 bits per heavy atom. The van der Waals surface area contributed by atoms with Crippen molar-refractivity contribution in [2.45, 2.75) is 45.1 Å². The summed E-state index contributed by atoms with van der Waals surface area (Å²) in [6.07, 6.45) is 5.19. The summed E-state index contributed by atoms with van der Waals surface area (Å²) in [4.78, 5) is 25.2. The fraction of sp³-hybridized carbons (Fsp3) is 0.533. The molecule has 1 aliphatic rings. The average Bonchev–Trinajstić information content (AvgIpc) is 2.71. The van der Waals surface area contributed by atoms with E-state index in [4.69, 9.17) is 0 Å². The molecule has 0 radical (unpaired) electrons. The lowest BCUT2D eigenvalue weighted by Gasteiger charge is -2.29. The summed E-state index contributed by atoms with van der Waals surface area (Å²) in [6.45, 7) is 2.81. The van der Waals surface area contributed by atoms with Crippen molar-refractivity contribution in [1.29, 1.82) is 0 Å². The summed E-state index contributed by atoms with van der Waals surface area (Å²) in [5.74, 6) is -0.112. The van der Waals surface area contributed by atoms with Gasteiger partial charge in [-0.1, -0.05) is 25.8 Å². The first kappa shape index (κ1) is 15.9. The molecule has 1 heterocycles. The zero-order valence-electron chi connectivity index (χ0n) is 12.0. The van der Waals surface area contributed by atoms with Crippen molar-refractivity contribution in [2.75, 3.05) is 6.54 Å². The lowest BCUT2D eigenvalue weighted by molar-refractivity contribution is -0.385. The van der Waals surface area contributed by atoms with Crippen LogP contribution < -0.4 is 0 Å². The lowest BCUT2D eigenvalue weighted by Crippen LogP contribution is -2.39. The second-order valence-electron chi connectivity index (χ2n) is 5.31. The highest BCUT2D eigenvalue weighted by Gasteiger charge is 2.28. The molecule has 1 fully saturated rings. The quantitative estimate of drug-likeness (QED) is 0.604. The van der Waals surface area contributed by atoms with Gasteiger partial charge >= 0.3 is 0 Å². The minimum Gasteiger partial charge on any atom is -0.336 e. The van der Waals surface area contributed by atoms with Gasteiger partial charge in [0.25, 0.3) is 11.6 Å². The third-order valence-corrected chi connectivity index (χ3v) is 4.85. The van der Waals surface area contributed by atoms with Gasteiger partial charge in [0.15, 0.2) is 0 Å². The third-order valence-electron chi connectivity index (χ3n) is 4.01. The number of nitro benzene ring substituents is 1. The van der Waals surface area contributed by atoms with E-state index in [0.29, 0.717) is 5.56 Å². The van der Waals surface area contributed by atoms with E-state index in [9.17, 15) is 14.9 Å². The first-order valence-electron chi connectivity index (χ1n) is 7.30. The zero-order valence-corrected chi connectivity index (χ0v) is 13.6. The van der Waals surface area contributed by atoms with Crippen LogP contribution in [-0.4, -0.2) is 28.3 Å². The zero-order chi connectivity index (χ0) is 15.4. The van der Waals surface area contributed by atoms with E-state index < -0.39 is 4.92 Å². The molecule has 21 heavy (non-hydrogen) atoms. The summed E-state index contributed by atoms with van der Waals surface area (Å²) < 4.78 is 0.277. The predicted molar refractivity (Wildman–Crippen MR) is 84.4 cm³/mol. The highest BCUT2D eigenvalue weighted by Crippen LogP contribution is 2.30.